The SMILES string of the molecule is CCCC1(O)CN(C(=O)Cc2ccccn2)C1. The molecule has 0 spiro atoms. The Kier molecular flexibility index (Phi) is 3.43. The third-order valence-corrected chi connectivity index (χ3v) is 3.10. The van der Waals surface area contributed by atoms with E-state index in [2.05, 4.69) is 4.98 Å². The standard InChI is InChI=1S/C13H18N2O2/c1-2-6-13(17)9-15(10-13)12(16)8-11-5-3-4-7-14-11/h3-5,7,17H,2,6,8-10H2,1H3. The zero-order valence-electron chi connectivity index (χ0n) is 10.1. The van der Waals surface area contributed by atoms with E-state index in [9.17, 15) is 9.90 Å². The normalized spacial score (nSPS) is 17.6. The molecular formula is C13H18N2O2. The van der Waals surface area contributed by atoms with Crippen molar-refractivity contribution >= 4 is 5.91 Å². The first-order valence-corrected chi connectivity index (χ1v) is 6.03. The molecule has 0 aliphatic carbocycles. The Morgan fingerprint density at radius 1 is 1.53 bits per heavy atom. The maximum atomic E-state index is 11.9. The van der Waals surface area contributed by atoms with Crippen LogP contribution in [0.15, 0.2) is 24.4 Å². The second-order valence-corrected chi connectivity index (χ2v) is 4.72. The predicted octanol–water partition coefficient (Wildman–Crippen LogP) is 0.998. The number of carbonyl (C=O) groups excluding carboxylic acids is 1. The van der Waals surface area contributed by atoms with Gasteiger partial charge >= 0.3 is 0 Å². The summed E-state index contributed by atoms with van der Waals surface area (Å²) < 4.78 is 0. The van der Waals surface area contributed by atoms with E-state index in [0.29, 0.717) is 19.5 Å². The number of rotatable bonds is 4. The van der Waals surface area contributed by atoms with Crippen LogP contribution in [0, 0.1) is 0 Å². The summed E-state index contributed by atoms with van der Waals surface area (Å²) in [5, 5.41) is 9.99. The predicted molar refractivity (Wildman–Crippen MR) is 64.4 cm³/mol. The number of amides is 1. The van der Waals surface area contributed by atoms with Gasteiger partial charge in [0.15, 0.2) is 0 Å². The average molecular weight is 234 g/mol. The van der Waals surface area contributed by atoms with Crippen LogP contribution in [0.3, 0.4) is 0 Å². The molecule has 4 heteroatoms. The van der Waals surface area contributed by atoms with Crippen LogP contribution in [0.1, 0.15) is 25.5 Å². The van der Waals surface area contributed by atoms with Gasteiger partial charge in [-0.3, -0.25) is 9.78 Å². The highest BCUT2D eigenvalue weighted by atomic mass is 16.3. The smallest absolute Gasteiger partial charge is 0.228 e. The molecule has 2 heterocycles. The Morgan fingerprint density at radius 2 is 2.29 bits per heavy atom. The van der Waals surface area contributed by atoms with E-state index < -0.39 is 5.60 Å². The van der Waals surface area contributed by atoms with Crippen molar-refractivity contribution < 1.29 is 9.90 Å². The number of hydrogen-bond acceptors (Lipinski definition) is 3. The number of β-amino-alcohol motifs (C(OH)–C–C–N with tert-alkyl or cyclic N) is 1. The van der Waals surface area contributed by atoms with Crippen LogP contribution in [0.4, 0.5) is 0 Å². The lowest BCUT2D eigenvalue weighted by Crippen LogP contribution is -2.63. The van der Waals surface area contributed by atoms with Crippen LogP contribution in [0.25, 0.3) is 0 Å². The fraction of sp³-hybridized carbons (Fsp3) is 0.538. The summed E-state index contributed by atoms with van der Waals surface area (Å²) in [6, 6.07) is 5.55. The Morgan fingerprint density at radius 3 is 2.88 bits per heavy atom. The molecule has 0 aromatic carbocycles. The van der Waals surface area contributed by atoms with Gasteiger partial charge in [0, 0.05) is 11.9 Å². The summed E-state index contributed by atoms with van der Waals surface area (Å²) in [7, 11) is 0. The third kappa shape index (κ3) is 2.82. The van der Waals surface area contributed by atoms with Crippen LogP contribution in [0.5, 0.6) is 0 Å². The first kappa shape index (κ1) is 12.0. The van der Waals surface area contributed by atoms with Crippen molar-refractivity contribution in [1.29, 1.82) is 0 Å². The van der Waals surface area contributed by atoms with E-state index >= 15 is 0 Å². The van der Waals surface area contributed by atoms with Gasteiger partial charge in [0.2, 0.25) is 5.91 Å². The van der Waals surface area contributed by atoms with Gasteiger partial charge in [-0.1, -0.05) is 19.4 Å². The van der Waals surface area contributed by atoms with Gasteiger partial charge in [-0.25, -0.2) is 0 Å². The van der Waals surface area contributed by atoms with Gasteiger partial charge in [-0.2, -0.15) is 0 Å². The molecule has 0 atom stereocenters. The van der Waals surface area contributed by atoms with E-state index in [-0.39, 0.29) is 5.91 Å². The Labute approximate surface area is 101 Å². The highest BCUT2D eigenvalue weighted by Gasteiger charge is 2.42. The van der Waals surface area contributed by atoms with Crippen molar-refractivity contribution in [2.75, 3.05) is 13.1 Å². The van der Waals surface area contributed by atoms with Crippen molar-refractivity contribution in [1.82, 2.24) is 9.88 Å². The van der Waals surface area contributed by atoms with Gasteiger partial charge < -0.3 is 10.0 Å². The van der Waals surface area contributed by atoms with Crippen molar-refractivity contribution in [3.8, 4) is 0 Å². The Hall–Kier alpha value is -1.42. The molecule has 1 aromatic heterocycles. The number of pyridine rings is 1. The van der Waals surface area contributed by atoms with E-state index in [4.69, 9.17) is 0 Å². The lowest BCUT2D eigenvalue weighted by Gasteiger charge is -2.46. The molecule has 1 fully saturated rings. The van der Waals surface area contributed by atoms with Crippen LogP contribution in [-0.2, 0) is 11.2 Å². The summed E-state index contributed by atoms with van der Waals surface area (Å²) in [5.74, 6) is 0.0458. The molecule has 0 saturated carbocycles. The Balaban J connectivity index is 1.84. The summed E-state index contributed by atoms with van der Waals surface area (Å²) in [5.41, 5.74) is 0.137. The van der Waals surface area contributed by atoms with Gasteiger partial charge in [-0.05, 0) is 18.6 Å². The van der Waals surface area contributed by atoms with Crippen LogP contribution in [-0.4, -0.2) is 39.6 Å². The quantitative estimate of drug-likeness (QED) is 0.845. The number of nitrogens with zero attached hydrogens (tertiary/aromatic N) is 2. The van der Waals surface area contributed by atoms with Crippen molar-refractivity contribution in [2.45, 2.75) is 31.8 Å². The largest absolute Gasteiger partial charge is 0.386 e. The number of hydrogen-bond donors (Lipinski definition) is 1. The molecule has 0 bridgehead atoms. The molecular weight excluding hydrogens is 216 g/mol. The molecule has 1 aromatic rings. The molecule has 0 unspecified atom stereocenters. The monoisotopic (exact) mass is 234 g/mol. The number of likely N-dealkylation sites (tertiary alicyclic amines) is 1. The first-order chi connectivity index (χ1) is 8.13. The molecule has 2 rings (SSSR count). The number of aliphatic hydroxyl groups is 1. The molecule has 17 heavy (non-hydrogen) atoms. The molecule has 0 radical (unpaired) electrons. The van der Waals surface area contributed by atoms with E-state index in [0.717, 1.165) is 18.5 Å². The third-order valence-electron chi connectivity index (χ3n) is 3.10. The zero-order valence-corrected chi connectivity index (χ0v) is 10.1. The Bertz CT molecular complexity index is 386. The van der Waals surface area contributed by atoms with Gasteiger partial charge in [0.1, 0.15) is 0 Å². The molecule has 1 aliphatic rings. The molecule has 1 N–H and O–H groups in total. The summed E-state index contributed by atoms with van der Waals surface area (Å²) >= 11 is 0. The summed E-state index contributed by atoms with van der Waals surface area (Å²) in [6.45, 7) is 2.97. The van der Waals surface area contributed by atoms with Gasteiger partial charge in [0.05, 0.1) is 25.1 Å². The number of aromatic nitrogens is 1. The first-order valence-electron chi connectivity index (χ1n) is 6.03. The van der Waals surface area contributed by atoms with E-state index in [1.54, 1.807) is 11.1 Å². The minimum atomic E-state index is -0.644. The van der Waals surface area contributed by atoms with Gasteiger partial charge in [0.25, 0.3) is 0 Å². The number of carbonyl (C=O) groups is 1. The molecule has 92 valence electrons. The topological polar surface area (TPSA) is 53.4 Å². The van der Waals surface area contributed by atoms with Gasteiger partial charge in [-0.15, -0.1) is 0 Å². The lowest BCUT2D eigenvalue weighted by atomic mass is 9.89. The fourth-order valence-corrected chi connectivity index (χ4v) is 2.23. The van der Waals surface area contributed by atoms with Crippen LogP contribution >= 0.6 is 0 Å². The molecule has 1 saturated heterocycles. The molecule has 1 aliphatic heterocycles. The van der Waals surface area contributed by atoms with Crippen LogP contribution in [0.2, 0.25) is 0 Å². The van der Waals surface area contributed by atoms with Crippen molar-refractivity contribution in [3.05, 3.63) is 30.1 Å². The minimum absolute atomic E-state index is 0.0458. The van der Waals surface area contributed by atoms with E-state index in [1.165, 1.54) is 0 Å². The lowest BCUT2D eigenvalue weighted by molar-refractivity contribution is -0.155. The second-order valence-electron chi connectivity index (χ2n) is 4.72. The average Bonchev–Trinajstić information content (AvgIpc) is 2.27. The fourth-order valence-electron chi connectivity index (χ4n) is 2.23. The van der Waals surface area contributed by atoms with E-state index in [1.807, 2.05) is 25.1 Å². The molecule has 4 nitrogen and oxygen atoms in total. The molecule has 1 amide bonds. The zero-order chi connectivity index (χ0) is 12.3. The summed E-state index contributed by atoms with van der Waals surface area (Å²) in [6.07, 6.45) is 3.72. The maximum Gasteiger partial charge on any atom is 0.228 e. The second kappa shape index (κ2) is 4.84. The minimum Gasteiger partial charge on any atom is -0.386 e. The highest BCUT2D eigenvalue weighted by Crippen LogP contribution is 2.26. The van der Waals surface area contributed by atoms with Crippen molar-refractivity contribution in [2.24, 2.45) is 0 Å². The maximum absolute atomic E-state index is 11.9. The highest BCUT2D eigenvalue weighted by molar-refractivity contribution is 5.79. The summed E-state index contributed by atoms with van der Waals surface area (Å²) in [4.78, 5) is 17.7. The van der Waals surface area contributed by atoms with Crippen LogP contribution < -0.4 is 0 Å². The van der Waals surface area contributed by atoms with Crippen molar-refractivity contribution in [3.63, 3.8) is 0 Å².